The first-order chi connectivity index (χ1) is 8.58. The highest BCUT2D eigenvalue weighted by Crippen LogP contribution is 2.24. The number of nitrogens with zero attached hydrogens (tertiary/aromatic N) is 1. The molecule has 1 aromatic carbocycles. The number of ketones is 1. The average Bonchev–Trinajstić information content (AvgIpc) is 2.75. The Hall–Kier alpha value is -1.13. The van der Waals surface area contributed by atoms with E-state index >= 15 is 0 Å². The van der Waals surface area contributed by atoms with Gasteiger partial charge in [0.1, 0.15) is 0 Å². The van der Waals surface area contributed by atoms with Gasteiger partial charge < -0.3 is 4.90 Å². The highest BCUT2D eigenvalue weighted by molar-refractivity contribution is 9.10. The Kier molecular flexibility index (Phi) is 4.19. The summed E-state index contributed by atoms with van der Waals surface area (Å²) in [4.78, 5) is 15.2. The summed E-state index contributed by atoms with van der Waals surface area (Å²) in [6, 6.07) is 9.69. The molecule has 94 valence electrons. The van der Waals surface area contributed by atoms with Gasteiger partial charge in [0, 0.05) is 41.1 Å². The number of hydrogen-bond donors (Lipinski definition) is 0. The second-order valence-corrected chi connectivity index (χ2v) is 6.09. The number of halogens is 1. The quantitative estimate of drug-likeness (QED) is 0.792. The number of Topliss-reactive ketones (excluding diaryl/α,β-unsaturated/α-hetero) is 1. The molecule has 0 bridgehead atoms. The molecule has 0 spiro atoms. The lowest BCUT2D eigenvalue weighted by atomic mass is 10.1. The van der Waals surface area contributed by atoms with Crippen LogP contribution in [-0.4, -0.2) is 19.9 Å². The predicted molar refractivity (Wildman–Crippen MR) is 80.8 cm³/mol. The molecule has 0 radical (unpaired) electrons. The van der Waals surface area contributed by atoms with Crippen LogP contribution < -0.4 is 4.90 Å². The van der Waals surface area contributed by atoms with E-state index in [0.717, 1.165) is 20.6 Å². The Bertz CT molecular complexity index is 545. The van der Waals surface area contributed by atoms with Crippen molar-refractivity contribution >= 4 is 38.7 Å². The number of thiophene rings is 1. The van der Waals surface area contributed by atoms with E-state index in [4.69, 9.17) is 0 Å². The van der Waals surface area contributed by atoms with Crippen molar-refractivity contribution in [3.05, 3.63) is 50.6 Å². The molecule has 0 saturated carbocycles. The van der Waals surface area contributed by atoms with Crippen molar-refractivity contribution in [1.82, 2.24) is 0 Å². The molecular weight excluding hydrogens is 310 g/mol. The number of carbonyl (C=O) groups excluding carboxylic acids is 1. The number of carbonyl (C=O) groups is 1. The Morgan fingerprint density at radius 2 is 1.89 bits per heavy atom. The maximum absolute atomic E-state index is 12.1. The third-order valence-corrected chi connectivity index (χ3v) is 4.64. The molecule has 0 aliphatic carbocycles. The van der Waals surface area contributed by atoms with Gasteiger partial charge in [-0.3, -0.25) is 4.79 Å². The van der Waals surface area contributed by atoms with Crippen LogP contribution >= 0.6 is 27.3 Å². The average molecular weight is 324 g/mol. The molecule has 2 rings (SSSR count). The minimum Gasteiger partial charge on any atom is -0.378 e. The molecule has 0 saturated heterocycles. The normalized spacial score (nSPS) is 10.4. The molecule has 2 aromatic rings. The lowest BCUT2D eigenvalue weighted by Gasteiger charge is -2.12. The van der Waals surface area contributed by atoms with Crippen molar-refractivity contribution in [1.29, 1.82) is 0 Å². The van der Waals surface area contributed by atoms with E-state index in [1.165, 1.54) is 0 Å². The van der Waals surface area contributed by atoms with Gasteiger partial charge in [-0.2, -0.15) is 0 Å². The van der Waals surface area contributed by atoms with Crippen LogP contribution in [0.25, 0.3) is 0 Å². The zero-order valence-electron chi connectivity index (χ0n) is 10.3. The first-order valence-corrected chi connectivity index (χ1v) is 7.27. The summed E-state index contributed by atoms with van der Waals surface area (Å²) in [5, 5.41) is 1.99. The molecule has 0 aliphatic heterocycles. The van der Waals surface area contributed by atoms with Gasteiger partial charge in [0.25, 0.3) is 0 Å². The van der Waals surface area contributed by atoms with Gasteiger partial charge >= 0.3 is 0 Å². The molecule has 0 N–H and O–H groups in total. The van der Waals surface area contributed by atoms with Gasteiger partial charge in [-0.1, -0.05) is 0 Å². The van der Waals surface area contributed by atoms with Crippen molar-refractivity contribution in [3.63, 3.8) is 0 Å². The largest absolute Gasteiger partial charge is 0.378 e. The summed E-state index contributed by atoms with van der Waals surface area (Å²) >= 11 is 5.05. The molecule has 0 atom stereocenters. The molecular formula is C14H14BrNOS. The summed E-state index contributed by atoms with van der Waals surface area (Å²) in [6.45, 7) is 0. The highest BCUT2D eigenvalue weighted by Gasteiger charge is 2.10. The molecule has 18 heavy (non-hydrogen) atoms. The molecule has 4 heteroatoms. The van der Waals surface area contributed by atoms with Crippen molar-refractivity contribution in [3.8, 4) is 0 Å². The van der Waals surface area contributed by atoms with Gasteiger partial charge in [0.05, 0.1) is 0 Å². The summed E-state index contributed by atoms with van der Waals surface area (Å²) in [7, 11) is 3.97. The zero-order valence-corrected chi connectivity index (χ0v) is 12.7. The molecule has 1 aromatic heterocycles. The second-order valence-electron chi connectivity index (χ2n) is 4.23. The van der Waals surface area contributed by atoms with Crippen LogP contribution in [0.1, 0.15) is 15.2 Å². The van der Waals surface area contributed by atoms with E-state index in [0.29, 0.717) is 6.42 Å². The fraction of sp³-hybridized carbons (Fsp3) is 0.214. The smallest absolute Gasteiger partial charge is 0.168 e. The van der Waals surface area contributed by atoms with Crippen LogP contribution in [0, 0.1) is 0 Å². The zero-order chi connectivity index (χ0) is 13.1. The van der Waals surface area contributed by atoms with Gasteiger partial charge in [0.15, 0.2) is 5.78 Å². The first kappa shape index (κ1) is 13.3. The van der Waals surface area contributed by atoms with E-state index in [1.807, 2.05) is 54.7 Å². The predicted octanol–water partition coefficient (Wildman–Crippen LogP) is 4.00. The lowest BCUT2D eigenvalue weighted by Crippen LogP contribution is -2.09. The van der Waals surface area contributed by atoms with E-state index in [2.05, 4.69) is 15.9 Å². The summed E-state index contributed by atoms with van der Waals surface area (Å²) in [6.07, 6.45) is 0.458. The molecule has 0 aliphatic rings. The van der Waals surface area contributed by atoms with Crippen LogP contribution in [0.5, 0.6) is 0 Å². The van der Waals surface area contributed by atoms with Crippen LogP contribution in [0.15, 0.2) is 40.2 Å². The number of hydrogen-bond acceptors (Lipinski definition) is 3. The van der Waals surface area contributed by atoms with Gasteiger partial charge in [-0.05, 0) is 51.6 Å². The molecule has 2 nitrogen and oxygen atoms in total. The second kappa shape index (κ2) is 5.67. The van der Waals surface area contributed by atoms with Gasteiger partial charge in [-0.25, -0.2) is 0 Å². The fourth-order valence-corrected chi connectivity index (χ4v) is 3.14. The minimum atomic E-state index is 0.156. The number of anilines is 1. The van der Waals surface area contributed by atoms with Crippen molar-refractivity contribution in [2.24, 2.45) is 0 Å². The monoisotopic (exact) mass is 323 g/mol. The molecule has 0 fully saturated rings. The molecule has 1 heterocycles. The third kappa shape index (κ3) is 3.00. The maximum atomic E-state index is 12.1. The lowest BCUT2D eigenvalue weighted by molar-refractivity contribution is 0.0993. The molecule has 0 unspecified atom stereocenters. The van der Waals surface area contributed by atoms with E-state index < -0.39 is 0 Å². The fourth-order valence-electron chi connectivity index (χ4n) is 1.64. The number of benzene rings is 1. The minimum absolute atomic E-state index is 0.156. The highest BCUT2D eigenvalue weighted by atomic mass is 79.9. The summed E-state index contributed by atoms with van der Waals surface area (Å²) in [5.74, 6) is 0.156. The topological polar surface area (TPSA) is 20.3 Å². The first-order valence-electron chi connectivity index (χ1n) is 5.60. The SMILES string of the molecule is CN(C)c1ccc(C(=O)Cc2sccc2Br)cc1. The Morgan fingerprint density at radius 3 is 2.39 bits per heavy atom. The van der Waals surface area contributed by atoms with Crippen molar-refractivity contribution < 1.29 is 4.79 Å². The molecule has 0 amide bonds. The Morgan fingerprint density at radius 1 is 1.22 bits per heavy atom. The van der Waals surface area contributed by atoms with E-state index in [1.54, 1.807) is 11.3 Å². The summed E-state index contributed by atoms with van der Waals surface area (Å²) < 4.78 is 1.02. The van der Waals surface area contributed by atoms with E-state index in [-0.39, 0.29) is 5.78 Å². The summed E-state index contributed by atoms with van der Waals surface area (Å²) in [5.41, 5.74) is 1.87. The van der Waals surface area contributed by atoms with Crippen LogP contribution in [0.3, 0.4) is 0 Å². The van der Waals surface area contributed by atoms with Crippen molar-refractivity contribution in [2.75, 3.05) is 19.0 Å². The Balaban J connectivity index is 2.12. The Labute approximate surface area is 119 Å². The van der Waals surface area contributed by atoms with Gasteiger partial charge in [0.2, 0.25) is 0 Å². The number of rotatable bonds is 4. The standard InChI is InChI=1S/C14H14BrNOS/c1-16(2)11-5-3-10(4-6-11)13(17)9-14-12(15)7-8-18-14/h3-8H,9H2,1-2H3. The van der Waals surface area contributed by atoms with Crippen LogP contribution in [-0.2, 0) is 6.42 Å². The van der Waals surface area contributed by atoms with Crippen LogP contribution in [0.4, 0.5) is 5.69 Å². The van der Waals surface area contributed by atoms with Crippen molar-refractivity contribution in [2.45, 2.75) is 6.42 Å². The van der Waals surface area contributed by atoms with Gasteiger partial charge in [-0.15, -0.1) is 11.3 Å². The third-order valence-electron chi connectivity index (χ3n) is 2.72. The maximum Gasteiger partial charge on any atom is 0.168 e. The van der Waals surface area contributed by atoms with Crippen LogP contribution in [0.2, 0.25) is 0 Å². The van der Waals surface area contributed by atoms with E-state index in [9.17, 15) is 4.79 Å².